The molecule has 0 fully saturated rings. The van der Waals surface area contributed by atoms with E-state index < -0.39 is 12.6 Å². The van der Waals surface area contributed by atoms with Crippen molar-refractivity contribution in [1.29, 1.82) is 0 Å². The van der Waals surface area contributed by atoms with Crippen LogP contribution in [0.4, 0.5) is 19.0 Å². The van der Waals surface area contributed by atoms with Gasteiger partial charge < -0.3 is 5.32 Å². The normalized spacial score (nSPS) is 11.5. The monoisotopic (exact) mass is 233 g/mol. The maximum atomic E-state index is 11.8. The standard InChI is InChI=1S/C10H14F3N3/c1-8-6-9(16-15-7-8)14-5-3-2-4-10(11,12)13/h6-7H,2-5H2,1H3,(H,14,16). The van der Waals surface area contributed by atoms with Crippen molar-refractivity contribution in [2.75, 3.05) is 11.9 Å². The third kappa shape index (κ3) is 5.53. The molecule has 1 aromatic rings. The van der Waals surface area contributed by atoms with Gasteiger partial charge in [-0.3, -0.25) is 0 Å². The number of unbranched alkanes of at least 4 members (excludes halogenated alkanes) is 1. The highest BCUT2D eigenvalue weighted by molar-refractivity contribution is 5.34. The zero-order valence-corrected chi connectivity index (χ0v) is 9.01. The van der Waals surface area contributed by atoms with Crippen LogP contribution in [0.1, 0.15) is 24.8 Å². The van der Waals surface area contributed by atoms with Crippen LogP contribution in [-0.4, -0.2) is 22.9 Å². The van der Waals surface area contributed by atoms with Crippen molar-refractivity contribution < 1.29 is 13.2 Å². The van der Waals surface area contributed by atoms with E-state index in [1.807, 2.05) is 6.92 Å². The molecule has 0 spiro atoms. The van der Waals surface area contributed by atoms with Gasteiger partial charge in [0.2, 0.25) is 0 Å². The number of aromatic nitrogens is 2. The summed E-state index contributed by atoms with van der Waals surface area (Å²) in [5, 5.41) is 10.5. The summed E-state index contributed by atoms with van der Waals surface area (Å²) < 4.78 is 35.4. The van der Waals surface area contributed by atoms with Gasteiger partial charge in [-0.15, -0.1) is 5.10 Å². The fraction of sp³-hybridized carbons (Fsp3) is 0.600. The molecule has 0 saturated heterocycles. The highest BCUT2D eigenvalue weighted by atomic mass is 19.4. The molecule has 1 heterocycles. The molecule has 0 atom stereocenters. The Labute approximate surface area is 92.1 Å². The average molecular weight is 233 g/mol. The number of nitrogens with one attached hydrogen (secondary N) is 1. The third-order valence-corrected chi connectivity index (χ3v) is 1.98. The first-order chi connectivity index (χ1) is 7.47. The van der Waals surface area contributed by atoms with Crippen molar-refractivity contribution in [3.8, 4) is 0 Å². The molecular formula is C10H14F3N3. The van der Waals surface area contributed by atoms with Crippen LogP contribution < -0.4 is 5.32 Å². The van der Waals surface area contributed by atoms with Gasteiger partial charge in [0.05, 0.1) is 6.20 Å². The summed E-state index contributed by atoms with van der Waals surface area (Å²) in [6.07, 6.45) is -2.56. The molecule has 90 valence electrons. The molecule has 1 aromatic heterocycles. The van der Waals surface area contributed by atoms with Crippen LogP contribution in [0.3, 0.4) is 0 Å². The van der Waals surface area contributed by atoms with Gasteiger partial charge in [-0.25, -0.2) is 0 Å². The minimum Gasteiger partial charge on any atom is -0.369 e. The molecule has 0 aliphatic heterocycles. The summed E-state index contributed by atoms with van der Waals surface area (Å²) in [6, 6.07) is 1.80. The smallest absolute Gasteiger partial charge is 0.369 e. The van der Waals surface area contributed by atoms with E-state index in [9.17, 15) is 13.2 Å². The molecule has 16 heavy (non-hydrogen) atoms. The van der Waals surface area contributed by atoms with Crippen molar-refractivity contribution in [2.45, 2.75) is 32.4 Å². The lowest BCUT2D eigenvalue weighted by atomic mass is 10.2. The molecule has 0 amide bonds. The highest BCUT2D eigenvalue weighted by Gasteiger charge is 2.25. The van der Waals surface area contributed by atoms with Gasteiger partial charge in [-0.2, -0.15) is 18.3 Å². The molecule has 6 heteroatoms. The molecule has 0 aromatic carbocycles. The summed E-state index contributed by atoms with van der Waals surface area (Å²) in [7, 11) is 0. The summed E-state index contributed by atoms with van der Waals surface area (Å²) in [4.78, 5) is 0. The zero-order chi connectivity index (χ0) is 12.0. The predicted molar refractivity (Wildman–Crippen MR) is 55.2 cm³/mol. The van der Waals surface area contributed by atoms with E-state index in [1.165, 1.54) is 0 Å². The van der Waals surface area contributed by atoms with E-state index in [0.29, 0.717) is 18.8 Å². The van der Waals surface area contributed by atoms with Gasteiger partial charge in [0, 0.05) is 13.0 Å². The first-order valence-corrected chi connectivity index (χ1v) is 5.07. The summed E-state index contributed by atoms with van der Waals surface area (Å²) in [5.74, 6) is 0.604. The van der Waals surface area contributed by atoms with Gasteiger partial charge in [0.1, 0.15) is 5.82 Å². The predicted octanol–water partition coefficient (Wildman–Crippen LogP) is 2.93. The summed E-state index contributed by atoms with van der Waals surface area (Å²) in [5.41, 5.74) is 0.966. The van der Waals surface area contributed by atoms with Gasteiger partial charge in [-0.1, -0.05) is 0 Å². The van der Waals surface area contributed by atoms with Crippen LogP contribution in [0.25, 0.3) is 0 Å². The second-order valence-corrected chi connectivity index (χ2v) is 3.62. The first kappa shape index (κ1) is 12.7. The Morgan fingerprint density at radius 2 is 2.06 bits per heavy atom. The Hall–Kier alpha value is -1.33. The lowest BCUT2D eigenvalue weighted by Crippen LogP contribution is -2.09. The number of hydrogen-bond acceptors (Lipinski definition) is 3. The minimum absolute atomic E-state index is 0.135. The maximum absolute atomic E-state index is 11.8. The second kappa shape index (κ2) is 5.67. The van der Waals surface area contributed by atoms with Crippen LogP contribution in [-0.2, 0) is 0 Å². The van der Waals surface area contributed by atoms with E-state index in [1.54, 1.807) is 12.3 Å². The lowest BCUT2D eigenvalue weighted by molar-refractivity contribution is -0.135. The second-order valence-electron chi connectivity index (χ2n) is 3.62. The van der Waals surface area contributed by atoms with Crippen molar-refractivity contribution >= 4 is 5.82 Å². The molecule has 1 N–H and O–H groups in total. The molecule has 0 radical (unpaired) electrons. The molecule has 1 rings (SSSR count). The Kier molecular flexibility index (Phi) is 4.52. The Morgan fingerprint density at radius 1 is 1.31 bits per heavy atom. The van der Waals surface area contributed by atoms with Crippen LogP contribution in [0, 0.1) is 6.92 Å². The lowest BCUT2D eigenvalue weighted by Gasteiger charge is -2.07. The highest BCUT2D eigenvalue weighted by Crippen LogP contribution is 2.22. The quantitative estimate of drug-likeness (QED) is 0.794. The molecule has 0 saturated carbocycles. The number of halogens is 3. The average Bonchev–Trinajstić information content (AvgIpc) is 2.15. The Balaban J connectivity index is 2.17. The number of aryl methyl sites for hydroxylation is 1. The van der Waals surface area contributed by atoms with Crippen LogP contribution in [0.15, 0.2) is 12.3 Å². The number of hydrogen-bond donors (Lipinski definition) is 1. The molecule has 0 bridgehead atoms. The fourth-order valence-corrected chi connectivity index (χ4v) is 1.22. The van der Waals surface area contributed by atoms with Gasteiger partial charge in [-0.05, 0) is 31.4 Å². The van der Waals surface area contributed by atoms with Crippen LogP contribution >= 0.6 is 0 Å². The van der Waals surface area contributed by atoms with E-state index in [-0.39, 0.29) is 6.42 Å². The minimum atomic E-state index is -4.05. The number of alkyl halides is 3. The van der Waals surface area contributed by atoms with Gasteiger partial charge >= 0.3 is 6.18 Å². The molecule has 0 aliphatic carbocycles. The third-order valence-electron chi connectivity index (χ3n) is 1.98. The summed E-state index contributed by atoms with van der Waals surface area (Å²) >= 11 is 0. The first-order valence-electron chi connectivity index (χ1n) is 5.07. The van der Waals surface area contributed by atoms with E-state index >= 15 is 0 Å². The van der Waals surface area contributed by atoms with Crippen LogP contribution in [0.2, 0.25) is 0 Å². The largest absolute Gasteiger partial charge is 0.389 e. The SMILES string of the molecule is Cc1cnnc(NCCCCC(F)(F)F)c1. The Morgan fingerprint density at radius 3 is 2.69 bits per heavy atom. The molecule has 0 unspecified atom stereocenters. The van der Waals surface area contributed by atoms with Crippen LogP contribution in [0.5, 0.6) is 0 Å². The van der Waals surface area contributed by atoms with Crippen molar-refractivity contribution in [3.05, 3.63) is 17.8 Å². The van der Waals surface area contributed by atoms with Gasteiger partial charge in [0.15, 0.2) is 0 Å². The molecule has 3 nitrogen and oxygen atoms in total. The number of nitrogens with zero attached hydrogens (tertiary/aromatic N) is 2. The van der Waals surface area contributed by atoms with E-state index in [4.69, 9.17) is 0 Å². The Bertz CT molecular complexity index is 325. The zero-order valence-electron chi connectivity index (χ0n) is 9.01. The topological polar surface area (TPSA) is 37.8 Å². The molecular weight excluding hydrogens is 219 g/mol. The molecule has 0 aliphatic rings. The van der Waals surface area contributed by atoms with Crippen molar-refractivity contribution in [2.24, 2.45) is 0 Å². The fourth-order valence-electron chi connectivity index (χ4n) is 1.22. The van der Waals surface area contributed by atoms with E-state index in [2.05, 4.69) is 15.5 Å². The maximum Gasteiger partial charge on any atom is 0.389 e. The van der Waals surface area contributed by atoms with Crippen molar-refractivity contribution in [3.63, 3.8) is 0 Å². The van der Waals surface area contributed by atoms with Crippen molar-refractivity contribution in [1.82, 2.24) is 10.2 Å². The summed E-state index contributed by atoms with van der Waals surface area (Å²) in [6.45, 7) is 2.36. The number of rotatable bonds is 5. The number of anilines is 1. The van der Waals surface area contributed by atoms with E-state index in [0.717, 1.165) is 5.56 Å². The van der Waals surface area contributed by atoms with Gasteiger partial charge in [0.25, 0.3) is 0 Å².